The lowest BCUT2D eigenvalue weighted by Crippen LogP contribution is -2.43. The largest absolute Gasteiger partial charge is 0.494 e. The maximum absolute atomic E-state index is 13.7. The van der Waals surface area contributed by atoms with E-state index in [0.717, 1.165) is 34.8 Å². The third-order valence-electron chi connectivity index (χ3n) is 5.93. The molecular formula is C24H25F2N3O5. The average molecular weight is 473 g/mol. The van der Waals surface area contributed by atoms with E-state index in [4.69, 9.17) is 9.47 Å². The number of urea groups is 1. The predicted octanol–water partition coefficient (Wildman–Crippen LogP) is 2.77. The molecule has 0 bridgehead atoms. The van der Waals surface area contributed by atoms with Crippen molar-refractivity contribution in [1.82, 2.24) is 15.5 Å². The van der Waals surface area contributed by atoms with Gasteiger partial charge in [0.25, 0.3) is 5.91 Å². The number of fused-ring (bicyclic) bond motifs is 1. The highest BCUT2D eigenvalue weighted by molar-refractivity contribution is 6.09. The van der Waals surface area contributed by atoms with Crippen molar-refractivity contribution in [2.75, 3.05) is 13.2 Å². The molecule has 0 saturated carbocycles. The second-order valence-corrected chi connectivity index (χ2v) is 8.49. The van der Waals surface area contributed by atoms with Crippen LogP contribution in [0.25, 0.3) is 0 Å². The zero-order valence-electron chi connectivity index (χ0n) is 19.0. The fourth-order valence-electron chi connectivity index (χ4n) is 4.15. The van der Waals surface area contributed by atoms with Crippen molar-refractivity contribution in [3.05, 3.63) is 58.7 Å². The topological polar surface area (TPSA) is 97.0 Å². The molecule has 2 aromatic carbocycles. The van der Waals surface area contributed by atoms with Crippen molar-refractivity contribution in [2.24, 2.45) is 0 Å². The van der Waals surface area contributed by atoms with Crippen LogP contribution in [-0.4, -0.2) is 42.0 Å². The van der Waals surface area contributed by atoms with E-state index in [2.05, 4.69) is 10.6 Å². The second kappa shape index (κ2) is 8.92. The molecule has 0 unspecified atom stereocenters. The van der Waals surface area contributed by atoms with Crippen LogP contribution in [0.1, 0.15) is 37.5 Å². The van der Waals surface area contributed by atoms with Crippen molar-refractivity contribution in [3.8, 4) is 11.5 Å². The van der Waals surface area contributed by atoms with Crippen molar-refractivity contribution >= 4 is 17.8 Å². The number of nitrogens with one attached hydrogen (secondary N) is 2. The van der Waals surface area contributed by atoms with E-state index in [9.17, 15) is 23.2 Å². The van der Waals surface area contributed by atoms with Crippen molar-refractivity contribution < 1.29 is 32.6 Å². The SMILES string of the molecule is CCOc1cc2c(cc1CNC(=O)CN1C(=O)N[C@@](C)(c3ccc(F)c(F)c3)C1=O)O[C@H](C)C2. The van der Waals surface area contributed by atoms with Gasteiger partial charge in [-0.1, -0.05) is 6.07 Å². The number of ether oxygens (including phenoxy) is 2. The summed E-state index contributed by atoms with van der Waals surface area (Å²) in [5.74, 6) is -2.17. The Labute approximate surface area is 195 Å². The van der Waals surface area contributed by atoms with Crippen LogP contribution < -0.4 is 20.1 Å². The summed E-state index contributed by atoms with van der Waals surface area (Å²) in [4.78, 5) is 38.7. The maximum atomic E-state index is 13.7. The summed E-state index contributed by atoms with van der Waals surface area (Å²) >= 11 is 0. The number of imide groups is 1. The Balaban J connectivity index is 1.44. The molecule has 0 aromatic heterocycles. The zero-order chi connectivity index (χ0) is 24.6. The first-order chi connectivity index (χ1) is 16.1. The standard InChI is InChI=1S/C24H25F2N3O5/c1-4-33-19-8-14-7-13(2)34-20(14)9-15(19)11-27-21(30)12-29-22(31)24(3,28-23(29)32)16-5-6-17(25)18(26)10-16/h5-6,8-10,13H,4,7,11-12H2,1-3H3,(H,27,30)(H,28,32)/t13-,24+/m1/s1. The molecule has 34 heavy (non-hydrogen) atoms. The molecule has 8 nitrogen and oxygen atoms in total. The summed E-state index contributed by atoms with van der Waals surface area (Å²) in [5, 5.41) is 5.16. The molecule has 180 valence electrons. The molecule has 2 N–H and O–H groups in total. The minimum atomic E-state index is -1.62. The van der Waals surface area contributed by atoms with Crippen LogP contribution in [0.15, 0.2) is 30.3 Å². The van der Waals surface area contributed by atoms with Crippen LogP contribution in [0.2, 0.25) is 0 Å². The summed E-state index contributed by atoms with van der Waals surface area (Å²) < 4.78 is 38.5. The second-order valence-electron chi connectivity index (χ2n) is 8.49. The molecule has 1 fully saturated rings. The number of carbonyl (C=O) groups excluding carboxylic acids is 3. The number of hydrogen-bond donors (Lipinski definition) is 2. The van der Waals surface area contributed by atoms with Crippen LogP contribution in [0.4, 0.5) is 13.6 Å². The van der Waals surface area contributed by atoms with E-state index in [1.807, 2.05) is 26.0 Å². The number of amides is 4. The van der Waals surface area contributed by atoms with E-state index in [-0.39, 0.29) is 18.2 Å². The fourth-order valence-corrected chi connectivity index (χ4v) is 4.15. The molecule has 4 amide bonds. The molecule has 10 heteroatoms. The van der Waals surface area contributed by atoms with Gasteiger partial charge in [0.2, 0.25) is 5.91 Å². The molecule has 2 heterocycles. The molecule has 0 aliphatic carbocycles. The van der Waals surface area contributed by atoms with Gasteiger partial charge < -0.3 is 20.1 Å². The summed E-state index contributed by atoms with van der Waals surface area (Å²) in [6.45, 7) is 5.21. The summed E-state index contributed by atoms with van der Waals surface area (Å²) in [7, 11) is 0. The monoisotopic (exact) mass is 473 g/mol. The lowest BCUT2D eigenvalue weighted by molar-refractivity contribution is -0.134. The lowest BCUT2D eigenvalue weighted by Gasteiger charge is -2.22. The molecule has 0 spiro atoms. The van der Waals surface area contributed by atoms with Crippen LogP contribution in [-0.2, 0) is 28.1 Å². The fraction of sp³-hybridized carbons (Fsp3) is 0.375. The normalized spacial score (nSPS) is 21.2. The van der Waals surface area contributed by atoms with Crippen LogP contribution >= 0.6 is 0 Å². The van der Waals surface area contributed by atoms with Gasteiger partial charge in [-0.2, -0.15) is 0 Å². The van der Waals surface area contributed by atoms with E-state index in [1.165, 1.54) is 13.0 Å². The van der Waals surface area contributed by atoms with Gasteiger partial charge in [0, 0.05) is 24.1 Å². The first-order valence-corrected chi connectivity index (χ1v) is 10.9. The van der Waals surface area contributed by atoms with Gasteiger partial charge in [0.1, 0.15) is 29.7 Å². The van der Waals surface area contributed by atoms with E-state index >= 15 is 0 Å². The Kier molecular flexibility index (Phi) is 6.16. The molecule has 0 radical (unpaired) electrons. The number of nitrogens with zero attached hydrogens (tertiary/aromatic N) is 1. The van der Waals surface area contributed by atoms with Gasteiger partial charge in [0.05, 0.1) is 6.61 Å². The molecule has 2 aromatic rings. The number of carbonyl (C=O) groups is 3. The highest BCUT2D eigenvalue weighted by Crippen LogP contribution is 2.35. The summed E-state index contributed by atoms with van der Waals surface area (Å²) in [6, 6.07) is 5.85. The third-order valence-corrected chi connectivity index (χ3v) is 5.93. The lowest BCUT2D eigenvalue weighted by atomic mass is 9.92. The first kappa shape index (κ1) is 23.5. The van der Waals surface area contributed by atoms with Gasteiger partial charge in [0.15, 0.2) is 11.6 Å². The van der Waals surface area contributed by atoms with E-state index < -0.39 is 41.6 Å². The predicted molar refractivity (Wildman–Crippen MR) is 117 cm³/mol. The maximum Gasteiger partial charge on any atom is 0.325 e. The average Bonchev–Trinajstić information content (AvgIpc) is 3.25. The Morgan fingerprint density at radius 3 is 2.74 bits per heavy atom. The van der Waals surface area contributed by atoms with Gasteiger partial charge in [-0.25, -0.2) is 13.6 Å². The van der Waals surface area contributed by atoms with Crippen molar-refractivity contribution in [1.29, 1.82) is 0 Å². The quantitative estimate of drug-likeness (QED) is 0.603. The Morgan fingerprint density at radius 2 is 2.03 bits per heavy atom. The summed E-state index contributed by atoms with van der Waals surface area (Å²) in [5.41, 5.74) is 0.178. The van der Waals surface area contributed by atoms with Crippen molar-refractivity contribution in [3.63, 3.8) is 0 Å². The van der Waals surface area contributed by atoms with Gasteiger partial charge in [-0.15, -0.1) is 0 Å². The third kappa shape index (κ3) is 4.27. The first-order valence-electron chi connectivity index (χ1n) is 10.9. The summed E-state index contributed by atoms with van der Waals surface area (Å²) in [6.07, 6.45) is 0.822. The molecular weight excluding hydrogens is 448 g/mol. The number of hydrogen-bond acceptors (Lipinski definition) is 5. The highest BCUT2D eigenvalue weighted by atomic mass is 19.2. The molecule has 2 atom stereocenters. The molecule has 1 saturated heterocycles. The molecule has 2 aliphatic rings. The van der Waals surface area contributed by atoms with Gasteiger partial charge >= 0.3 is 6.03 Å². The van der Waals surface area contributed by atoms with Gasteiger partial charge in [-0.3, -0.25) is 14.5 Å². The minimum absolute atomic E-state index is 0.0536. The van der Waals surface area contributed by atoms with E-state index in [1.54, 1.807) is 0 Å². The zero-order valence-corrected chi connectivity index (χ0v) is 19.0. The highest BCUT2D eigenvalue weighted by Gasteiger charge is 2.49. The smallest absolute Gasteiger partial charge is 0.325 e. The minimum Gasteiger partial charge on any atom is -0.494 e. The number of halogens is 2. The Morgan fingerprint density at radius 1 is 1.26 bits per heavy atom. The Bertz CT molecular complexity index is 1170. The van der Waals surface area contributed by atoms with Crippen LogP contribution in [0.3, 0.4) is 0 Å². The number of rotatable bonds is 7. The van der Waals surface area contributed by atoms with Crippen LogP contribution in [0.5, 0.6) is 11.5 Å². The molecule has 4 rings (SSSR count). The van der Waals surface area contributed by atoms with E-state index in [0.29, 0.717) is 17.9 Å². The van der Waals surface area contributed by atoms with Crippen molar-refractivity contribution in [2.45, 2.75) is 45.4 Å². The number of benzene rings is 2. The van der Waals surface area contributed by atoms with Gasteiger partial charge in [-0.05, 0) is 50.6 Å². The Hall–Kier alpha value is -3.69. The molecule has 2 aliphatic heterocycles. The van der Waals surface area contributed by atoms with Crippen LogP contribution in [0, 0.1) is 11.6 Å².